The van der Waals surface area contributed by atoms with Crippen LogP contribution in [0.5, 0.6) is 0 Å². The Bertz CT molecular complexity index is 48.6. The molecule has 0 fully saturated rings. The van der Waals surface area contributed by atoms with Crippen LogP contribution in [0.2, 0.25) is 12.6 Å². The van der Waals surface area contributed by atoms with Gasteiger partial charge in [-0.15, -0.1) is 0 Å². The third-order valence-electron chi connectivity index (χ3n) is 0.585. The van der Waals surface area contributed by atoms with Gasteiger partial charge in [-0.3, -0.25) is 0 Å². The van der Waals surface area contributed by atoms with Crippen LogP contribution in [0.3, 0.4) is 0 Å². The highest BCUT2D eigenvalue weighted by atomic mass is 28.4. The molecule has 0 saturated heterocycles. The molecule has 0 aromatic rings. The molecule has 44 valence electrons. The number of aliphatic hydroxyl groups is 1. The van der Waals surface area contributed by atoms with Crippen molar-refractivity contribution in [3.63, 3.8) is 0 Å². The minimum Gasteiger partial charge on any atom is -0.411 e. The predicted molar refractivity (Wildman–Crippen MR) is 27.9 cm³/mol. The molecule has 0 amide bonds. The van der Waals surface area contributed by atoms with E-state index in [2.05, 4.69) is 0 Å². The lowest BCUT2D eigenvalue weighted by Crippen LogP contribution is -2.30. The zero-order valence-electron chi connectivity index (χ0n) is 4.26. The van der Waals surface area contributed by atoms with Crippen LogP contribution in [0, 0.1) is 0 Å². The first-order valence-corrected chi connectivity index (χ1v) is 4.72. The summed E-state index contributed by atoms with van der Waals surface area (Å²) in [4.78, 5) is 17.1. The molecule has 7 heavy (non-hydrogen) atoms. The third-order valence-corrected chi connectivity index (χ3v) is 1.76. The second-order valence-electron chi connectivity index (χ2n) is 1.69. The lowest BCUT2D eigenvalue weighted by atomic mass is 10.9. The SMILES string of the molecule is C[Si](O)(O)CCO. The van der Waals surface area contributed by atoms with Crippen LogP contribution >= 0.6 is 0 Å². The van der Waals surface area contributed by atoms with Crippen molar-refractivity contribution in [1.82, 2.24) is 0 Å². The van der Waals surface area contributed by atoms with E-state index in [0.717, 1.165) is 0 Å². The molecule has 0 saturated carbocycles. The zero-order valence-corrected chi connectivity index (χ0v) is 5.26. The largest absolute Gasteiger partial charge is 0.411 e. The smallest absolute Gasteiger partial charge is 0.331 e. The highest BCUT2D eigenvalue weighted by Gasteiger charge is 2.18. The van der Waals surface area contributed by atoms with Crippen LogP contribution < -0.4 is 0 Å². The highest BCUT2D eigenvalue weighted by molar-refractivity contribution is 6.63. The van der Waals surface area contributed by atoms with E-state index in [0.29, 0.717) is 0 Å². The fourth-order valence-corrected chi connectivity index (χ4v) is 0.635. The summed E-state index contributed by atoms with van der Waals surface area (Å²) < 4.78 is 0. The normalized spacial score (nSPS) is 12.0. The van der Waals surface area contributed by atoms with E-state index in [1.54, 1.807) is 0 Å². The number of aliphatic hydroxyl groups excluding tert-OH is 1. The first-order valence-electron chi connectivity index (χ1n) is 2.12. The van der Waals surface area contributed by atoms with Gasteiger partial charge in [-0.05, 0) is 6.55 Å². The maximum Gasteiger partial charge on any atom is 0.331 e. The molecule has 0 spiro atoms. The molecule has 0 aliphatic rings. The van der Waals surface area contributed by atoms with Gasteiger partial charge in [0.25, 0.3) is 0 Å². The van der Waals surface area contributed by atoms with Crippen molar-refractivity contribution < 1.29 is 14.7 Å². The van der Waals surface area contributed by atoms with Crippen molar-refractivity contribution in [3.8, 4) is 0 Å². The minimum atomic E-state index is -2.91. The molecule has 0 aliphatic carbocycles. The van der Waals surface area contributed by atoms with Crippen LogP contribution in [0.4, 0.5) is 0 Å². The van der Waals surface area contributed by atoms with Crippen molar-refractivity contribution in [3.05, 3.63) is 0 Å². The van der Waals surface area contributed by atoms with Gasteiger partial charge in [-0.2, -0.15) is 0 Å². The molecule has 0 radical (unpaired) electrons. The van der Waals surface area contributed by atoms with Crippen molar-refractivity contribution >= 4 is 8.56 Å². The summed E-state index contributed by atoms with van der Waals surface area (Å²) in [5.74, 6) is 0. The molecule has 0 unspecified atom stereocenters. The Hall–Kier alpha value is 0.0969. The molecule has 0 rings (SSSR count). The van der Waals surface area contributed by atoms with Gasteiger partial charge in [0, 0.05) is 12.7 Å². The third kappa shape index (κ3) is 6.10. The van der Waals surface area contributed by atoms with Crippen LogP contribution in [-0.2, 0) is 0 Å². The molecule has 0 atom stereocenters. The van der Waals surface area contributed by atoms with Gasteiger partial charge in [0.1, 0.15) is 0 Å². The van der Waals surface area contributed by atoms with Crippen LogP contribution in [0.25, 0.3) is 0 Å². The number of hydrogen-bond donors (Lipinski definition) is 3. The van der Waals surface area contributed by atoms with Gasteiger partial charge in [0.15, 0.2) is 0 Å². The minimum absolute atomic E-state index is 0.129. The summed E-state index contributed by atoms with van der Waals surface area (Å²) in [6.45, 7) is 1.24. The van der Waals surface area contributed by atoms with E-state index < -0.39 is 8.56 Å². The van der Waals surface area contributed by atoms with E-state index in [4.69, 9.17) is 14.7 Å². The van der Waals surface area contributed by atoms with E-state index in [-0.39, 0.29) is 12.7 Å². The maximum atomic E-state index is 8.55. The number of rotatable bonds is 2. The van der Waals surface area contributed by atoms with E-state index in [1.165, 1.54) is 6.55 Å². The molecule has 3 nitrogen and oxygen atoms in total. The number of hydrogen-bond acceptors (Lipinski definition) is 3. The van der Waals surface area contributed by atoms with Crippen molar-refractivity contribution in [2.75, 3.05) is 6.61 Å². The molecule has 0 aliphatic heterocycles. The summed E-state index contributed by atoms with van der Waals surface area (Å²) in [6.07, 6.45) is 0. The van der Waals surface area contributed by atoms with Gasteiger partial charge < -0.3 is 14.7 Å². The van der Waals surface area contributed by atoms with Gasteiger partial charge in [0.05, 0.1) is 0 Å². The van der Waals surface area contributed by atoms with Gasteiger partial charge in [-0.1, -0.05) is 0 Å². The summed E-state index contributed by atoms with van der Waals surface area (Å²) in [5, 5.41) is 8.12. The fraction of sp³-hybridized carbons (Fsp3) is 1.00. The van der Waals surface area contributed by atoms with Gasteiger partial charge in [-0.25, -0.2) is 0 Å². The molecular weight excluding hydrogens is 112 g/mol. The highest BCUT2D eigenvalue weighted by Crippen LogP contribution is 1.96. The maximum absolute atomic E-state index is 8.55. The van der Waals surface area contributed by atoms with E-state index in [1.807, 2.05) is 0 Å². The van der Waals surface area contributed by atoms with E-state index in [9.17, 15) is 0 Å². The summed E-state index contributed by atoms with van der Waals surface area (Å²) >= 11 is 0. The molecule has 0 bridgehead atoms. The second-order valence-corrected chi connectivity index (χ2v) is 4.62. The summed E-state index contributed by atoms with van der Waals surface area (Å²) in [6, 6.07) is 0.146. The zero-order chi connectivity index (χ0) is 5.91. The molecular formula is C3H10O3Si. The molecule has 3 N–H and O–H groups in total. The second kappa shape index (κ2) is 2.42. The Morgan fingerprint density at radius 3 is 1.86 bits per heavy atom. The summed E-state index contributed by atoms with van der Waals surface area (Å²) in [7, 11) is -2.91. The van der Waals surface area contributed by atoms with Crippen LogP contribution in [0.15, 0.2) is 0 Å². The van der Waals surface area contributed by atoms with E-state index >= 15 is 0 Å². The first kappa shape index (κ1) is 7.10. The molecule has 4 heteroatoms. The Kier molecular flexibility index (Phi) is 2.45. The Labute approximate surface area is 43.5 Å². The Balaban J connectivity index is 3.15. The lowest BCUT2D eigenvalue weighted by Gasteiger charge is -2.07. The lowest BCUT2D eigenvalue weighted by molar-refractivity contribution is 0.288. The Morgan fingerprint density at radius 2 is 1.86 bits per heavy atom. The molecule has 0 heterocycles. The van der Waals surface area contributed by atoms with Gasteiger partial charge >= 0.3 is 8.56 Å². The van der Waals surface area contributed by atoms with Crippen molar-refractivity contribution in [1.29, 1.82) is 0 Å². The molecule has 0 aromatic heterocycles. The van der Waals surface area contributed by atoms with Gasteiger partial charge in [0.2, 0.25) is 0 Å². The standard InChI is InChI=1S/C3H10O3Si/c1-7(5,6)3-2-4/h4-6H,2-3H2,1H3. The van der Waals surface area contributed by atoms with Crippen molar-refractivity contribution in [2.45, 2.75) is 12.6 Å². The topological polar surface area (TPSA) is 60.7 Å². The van der Waals surface area contributed by atoms with Crippen molar-refractivity contribution in [2.24, 2.45) is 0 Å². The monoisotopic (exact) mass is 122 g/mol. The van der Waals surface area contributed by atoms with Crippen LogP contribution in [-0.4, -0.2) is 29.9 Å². The first-order chi connectivity index (χ1) is 3.06. The quantitative estimate of drug-likeness (QED) is 0.413. The average Bonchev–Trinajstić information content (AvgIpc) is 1.30. The molecule has 0 aromatic carbocycles. The fourth-order valence-electron chi connectivity index (χ4n) is 0.212. The summed E-state index contributed by atoms with van der Waals surface area (Å²) in [5.41, 5.74) is 0. The van der Waals surface area contributed by atoms with Crippen LogP contribution in [0.1, 0.15) is 0 Å². The Morgan fingerprint density at radius 1 is 1.43 bits per heavy atom. The average molecular weight is 122 g/mol. The predicted octanol–water partition coefficient (Wildman–Crippen LogP) is -0.965.